The highest BCUT2D eigenvalue weighted by atomic mass is 32.2. The Morgan fingerprint density at radius 3 is 2.22 bits per heavy atom. The van der Waals surface area contributed by atoms with Crippen molar-refractivity contribution in [1.29, 1.82) is 0 Å². The van der Waals surface area contributed by atoms with Crippen LogP contribution in [0.4, 0.5) is 18.9 Å². The summed E-state index contributed by atoms with van der Waals surface area (Å²) in [5.74, 6) is 0. The van der Waals surface area contributed by atoms with E-state index < -0.39 is 21.8 Å². The molecule has 0 bridgehead atoms. The molecule has 7 nitrogen and oxygen atoms in total. The van der Waals surface area contributed by atoms with Crippen LogP contribution in [0.25, 0.3) is 0 Å². The first kappa shape index (κ1) is 27.0. The molecule has 1 saturated heterocycles. The van der Waals surface area contributed by atoms with Gasteiger partial charge in [0.2, 0.25) is 10.0 Å². The maximum absolute atomic E-state index is 13.1. The lowest BCUT2D eigenvalue weighted by atomic mass is 10.1. The topological polar surface area (TPSA) is 77.6 Å². The number of halogens is 3. The molecule has 3 aromatic rings. The summed E-state index contributed by atoms with van der Waals surface area (Å²) in [7, 11) is -3.67. The summed E-state index contributed by atoms with van der Waals surface area (Å²) in [6, 6.07) is 15.2. The van der Waals surface area contributed by atoms with E-state index in [1.54, 1.807) is 24.5 Å². The molecule has 0 amide bonds. The van der Waals surface area contributed by atoms with Crippen molar-refractivity contribution in [2.24, 2.45) is 0 Å². The second-order valence-electron chi connectivity index (χ2n) is 8.57. The number of nitrogens with one attached hydrogen (secondary N) is 2. The maximum Gasteiger partial charge on any atom is 0.416 e. The Kier molecular flexibility index (Phi) is 8.42. The molecular weight excluding hydrogens is 523 g/mol. The summed E-state index contributed by atoms with van der Waals surface area (Å²) in [6.07, 6.45) is -0.932. The summed E-state index contributed by atoms with van der Waals surface area (Å²) in [5, 5.41) is 6.51. The van der Waals surface area contributed by atoms with Crippen molar-refractivity contribution >= 4 is 33.0 Å². The third kappa shape index (κ3) is 7.25. The van der Waals surface area contributed by atoms with Crippen LogP contribution in [0.2, 0.25) is 0 Å². The summed E-state index contributed by atoms with van der Waals surface area (Å²) < 4.78 is 65.9. The number of hydrogen-bond donors (Lipinski definition) is 2. The van der Waals surface area contributed by atoms with Crippen LogP contribution in [0.15, 0.2) is 78.0 Å². The van der Waals surface area contributed by atoms with E-state index in [2.05, 4.69) is 15.6 Å². The smallest absolute Gasteiger partial charge is 0.358 e. The Morgan fingerprint density at radius 2 is 1.62 bits per heavy atom. The first-order valence-corrected chi connectivity index (χ1v) is 13.4. The number of aromatic nitrogens is 1. The van der Waals surface area contributed by atoms with Crippen molar-refractivity contribution in [2.45, 2.75) is 24.2 Å². The number of nitrogens with zero attached hydrogens (tertiary/aromatic N) is 3. The van der Waals surface area contributed by atoms with Crippen molar-refractivity contribution in [3.63, 3.8) is 0 Å². The standard InChI is InChI=1S/C25H26F3N5O2S2/c26-25(27,28)21-5-3-19(4-6-21)18-32-12-14-33(15-13-32)37(34,35)23-9-7-22(8-10-23)31-24(36)30-17-20-2-1-11-29-16-20/h1-11,16H,12-15,17-18H2,(H2,30,31,36). The largest absolute Gasteiger partial charge is 0.416 e. The number of alkyl halides is 3. The lowest BCUT2D eigenvalue weighted by Crippen LogP contribution is -2.48. The second-order valence-corrected chi connectivity index (χ2v) is 10.9. The molecule has 0 atom stereocenters. The SMILES string of the molecule is O=S(=O)(c1ccc(NC(=S)NCc2cccnc2)cc1)N1CCN(Cc2ccc(C(F)(F)F)cc2)CC1. The molecule has 37 heavy (non-hydrogen) atoms. The highest BCUT2D eigenvalue weighted by Gasteiger charge is 2.31. The van der Waals surface area contributed by atoms with Gasteiger partial charge in [-0.15, -0.1) is 0 Å². The van der Waals surface area contributed by atoms with E-state index in [0.29, 0.717) is 50.1 Å². The van der Waals surface area contributed by atoms with E-state index in [9.17, 15) is 21.6 Å². The maximum atomic E-state index is 13.1. The molecule has 0 aliphatic carbocycles. The normalized spacial score (nSPS) is 15.3. The van der Waals surface area contributed by atoms with Crippen LogP contribution in [0.5, 0.6) is 0 Å². The molecule has 2 N–H and O–H groups in total. The monoisotopic (exact) mass is 549 g/mol. The zero-order valence-electron chi connectivity index (χ0n) is 19.8. The third-order valence-corrected chi connectivity index (χ3v) is 8.10. The Morgan fingerprint density at radius 1 is 0.946 bits per heavy atom. The molecular formula is C25H26F3N5O2S2. The van der Waals surface area contributed by atoms with Crippen molar-refractivity contribution < 1.29 is 21.6 Å². The predicted molar refractivity (Wildman–Crippen MR) is 139 cm³/mol. The van der Waals surface area contributed by atoms with Crippen LogP contribution in [-0.2, 0) is 29.3 Å². The summed E-state index contributed by atoms with van der Waals surface area (Å²) in [6.45, 7) is 2.53. The fourth-order valence-electron chi connectivity index (χ4n) is 3.90. The average molecular weight is 550 g/mol. The molecule has 0 unspecified atom stereocenters. The molecule has 1 aliphatic rings. The number of thiocarbonyl (C=S) groups is 1. The Labute approximate surface area is 219 Å². The van der Waals surface area contributed by atoms with E-state index in [4.69, 9.17) is 12.2 Å². The Hall–Kier alpha value is -3.06. The van der Waals surface area contributed by atoms with Gasteiger partial charge in [0.1, 0.15) is 0 Å². The van der Waals surface area contributed by atoms with E-state index in [1.807, 2.05) is 17.0 Å². The van der Waals surface area contributed by atoms with Gasteiger partial charge in [-0.25, -0.2) is 8.42 Å². The Bertz CT molecular complexity index is 1290. The minimum Gasteiger partial charge on any atom is -0.358 e. The van der Waals surface area contributed by atoms with Crippen molar-refractivity contribution in [1.82, 2.24) is 19.5 Å². The summed E-state index contributed by atoms with van der Waals surface area (Å²) in [4.78, 5) is 6.26. The zero-order chi connectivity index (χ0) is 26.5. The van der Waals surface area contributed by atoms with E-state index in [-0.39, 0.29) is 4.90 Å². The van der Waals surface area contributed by atoms with Gasteiger partial charge in [-0.3, -0.25) is 9.88 Å². The van der Waals surface area contributed by atoms with Crippen LogP contribution in [0.1, 0.15) is 16.7 Å². The number of rotatable bonds is 7. The summed E-state index contributed by atoms with van der Waals surface area (Å²) >= 11 is 5.30. The molecule has 2 heterocycles. The zero-order valence-corrected chi connectivity index (χ0v) is 21.4. The molecule has 2 aromatic carbocycles. The van der Waals surface area contributed by atoms with Crippen LogP contribution in [0.3, 0.4) is 0 Å². The molecule has 1 fully saturated rings. The lowest BCUT2D eigenvalue weighted by molar-refractivity contribution is -0.137. The van der Waals surface area contributed by atoms with Crippen LogP contribution in [0, 0.1) is 0 Å². The highest BCUT2D eigenvalue weighted by molar-refractivity contribution is 7.89. The second kappa shape index (κ2) is 11.5. The minimum absolute atomic E-state index is 0.184. The highest BCUT2D eigenvalue weighted by Crippen LogP contribution is 2.29. The van der Waals surface area contributed by atoms with E-state index in [1.165, 1.54) is 28.6 Å². The first-order valence-electron chi connectivity index (χ1n) is 11.5. The number of sulfonamides is 1. The predicted octanol–water partition coefficient (Wildman–Crippen LogP) is 4.09. The number of pyridine rings is 1. The van der Waals surface area contributed by atoms with Crippen LogP contribution < -0.4 is 10.6 Å². The van der Waals surface area contributed by atoms with Crippen LogP contribution >= 0.6 is 12.2 Å². The molecule has 1 aromatic heterocycles. The molecule has 4 rings (SSSR count). The van der Waals surface area contributed by atoms with Gasteiger partial charge in [-0.1, -0.05) is 18.2 Å². The summed E-state index contributed by atoms with van der Waals surface area (Å²) in [5.41, 5.74) is 1.70. The van der Waals surface area contributed by atoms with Crippen molar-refractivity contribution in [2.75, 3.05) is 31.5 Å². The molecule has 0 saturated carbocycles. The van der Waals surface area contributed by atoms with Crippen molar-refractivity contribution in [3.05, 3.63) is 89.7 Å². The number of anilines is 1. The molecule has 12 heteroatoms. The third-order valence-electron chi connectivity index (χ3n) is 5.94. The van der Waals surface area contributed by atoms with Gasteiger partial charge >= 0.3 is 6.18 Å². The molecule has 196 valence electrons. The quantitative estimate of drug-likeness (QED) is 0.430. The minimum atomic E-state index is -4.37. The fraction of sp³-hybridized carbons (Fsp3) is 0.280. The molecule has 0 radical (unpaired) electrons. The van der Waals surface area contributed by atoms with Crippen molar-refractivity contribution in [3.8, 4) is 0 Å². The van der Waals surface area contributed by atoms with Gasteiger partial charge in [-0.05, 0) is 65.8 Å². The van der Waals surface area contributed by atoms with E-state index in [0.717, 1.165) is 23.3 Å². The number of benzene rings is 2. The van der Waals surface area contributed by atoms with Gasteiger partial charge in [0.05, 0.1) is 10.5 Å². The van der Waals surface area contributed by atoms with E-state index >= 15 is 0 Å². The fourth-order valence-corrected chi connectivity index (χ4v) is 5.52. The first-order chi connectivity index (χ1) is 17.6. The van der Waals surface area contributed by atoms with Gasteiger partial charge in [0.25, 0.3) is 0 Å². The number of piperazine rings is 1. The Balaban J connectivity index is 1.27. The van der Waals surface area contributed by atoms with Gasteiger partial charge < -0.3 is 10.6 Å². The number of hydrogen-bond acceptors (Lipinski definition) is 5. The van der Waals surface area contributed by atoms with Gasteiger partial charge in [-0.2, -0.15) is 17.5 Å². The average Bonchev–Trinajstić information content (AvgIpc) is 2.88. The van der Waals surface area contributed by atoms with Crippen LogP contribution in [-0.4, -0.2) is 53.9 Å². The van der Waals surface area contributed by atoms with Gasteiger partial charge in [0.15, 0.2) is 5.11 Å². The molecule has 1 aliphatic heterocycles. The van der Waals surface area contributed by atoms with Gasteiger partial charge in [0, 0.05) is 57.3 Å². The molecule has 0 spiro atoms. The lowest BCUT2D eigenvalue weighted by Gasteiger charge is -2.34.